The summed E-state index contributed by atoms with van der Waals surface area (Å²) in [6.45, 7) is 6.55. The van der Waals surface area contributed by atoms with Crippen molar-refractivity contribution in [2.75, 3.05) is 6.54 Å². The number of carbonyl (C=O) groups excluding carboxylic acids is 1. The summed E-state index contributed by atoms with van der Waals surface area (Å²) in [6, 6.07) is 8.17. The van der Waals surface area contributed by atoms with Crippen LogP contribution in [0.3, 0.4) is 0 Å². The van der Waals surface area contributed by atoms with Crippen molar-refractivity contribution in [1.29, 1.82) is 0 Å². The maximum atomic E-state index is 11.7. The number of hydrogen-bond donors (Lipinski definition) is 2. The van der Waals surface area contributed by atoms with Gasteiger partial charge in [-0.3, -0.25) is 4.79 Å². The van der Waals surface area contributed by atoms with E-state index >= 15 is 0 Å². The van der Waals surface area contributed by atoms with Crippen molar-refractivity contribution in [3.8, 4) is 0 Å². The SMILES string of the molecule is CC(NC(=O)CCN)c1nc2ccccc2n1C(C)C. The van der Waals surface area contributed by atoms with Gasteiger partial charge in [-0.05, 0) is 32.9 Å². The Kier molecular flexibility index (Phi) is 4.39. The molecule has 0 bridgehead atoms. The summed E-state index contributed by atoms with van der Waals surface area (Å²) < 4.78 is 2.17. The number of rotatable bonds is 5. The zero-order chi connectivity index (χ0) is 14.7. The van der Waals surface area contributed by atoms with E-state index in [4.69, 9.17) is 5.73 Å². The molecule has 1 unspecified atom stereocenters. The summed E-state index contributed by atoms with van der Waals surface area (Å²) in [5.41, 5.74) is 7.45. The Balaban J connectivity index is 2.37. The van der Waals surface area contributed by atoms with Crippen LogP contribution in [0.1, 0.15) is 45.1 Å². The number of nitrogens with one attached hydrogen (secondary N) is 1. The molecule has 108 valence electrons. The van der Waals surface area contributed by atoms with Crippen molar-refractivity contribution in [3.63, 3.8) is 0 Å². The minimum absolute atomic E-state index is 0.0395. The summed E-state index contributed by atoms with van der Waals surface area (Å²) in [4.78, 5) is 16.4. The quantitative estimate of drug-likeness (QED) is 0.877. The molecule has 1 aromatic heterocycles. The molecule has 0 spiro atoms. The van der Waals surface area contributed by atoms with E-state index in [-0.39, 0.29) is 18.0 Å². The van der Waals surface area contributed by atoms with Gasteiger partial charge in [0.25, 0.3) is 0 Å². The van der Waals surface area contributed by atoms with Crippen LogP contribution in [0, 0.1) is 0 Å². The second-order valence-electron chi connectivity index (χ2n) is 5.25. The number of nitrogens with two attached hydrogens (primary N) is 1. The lowest BCUT2D eigenvalue weighted by Gasteiger charge is -2.18. The van der Waals surface area contributed by atoms with Crippen LogP contribution in [-0.4, -0.2) is 22.0 Å². The van der Waals surface area contributed by atoms with Gasteiger partial charge in [-0.15, -0.1) is 0 Å². The van der Waals surface area contributed by atoms with Crippen molar-refractivity contribution in [2.24, 2.45) is 5.73 Å². The molecule has 1 heterocycles. The van der Waals surface area contributed by atoms with Crippen LogP contribution in [0.4, 0.5) is 0 Å². The standard InChI is InChI=1S/C15H22N4O/c1-10(2)19-13-7-5-4-6-12(13)18-15(19)11(3)17-14(20)8-9-16/h4-7,10-11H,8-9,16H2,1-3H3,(H,17,20). The second kappa shape index (κ2) is 6.05. The number of amides is 1. The third kappa shape index (κ3) is 2.82. The van der Waals surface area contributed by atoms with Gasteiger partial charge in [0.15, 0.2) is 0 Å². The highest BCUT2D eigenvalue weighted by atomic mass is 16.1. The average molecular weight is 274 g/mol. The first-order valence-electron chi connectivity index (χ1n) is 7.01. The molecule has 0 aliphatic carbocycles. The first-order chi connectivity index (χ1) is 9.54. The molecule has 2 aromatic rings. The van der Waals surface area contributed by atoms with Crippen LogP contribution in [0.25, 0.3) is 11.0 Å². The Bertz CT molecular complexity index is 603. The fourth-order valence-corrected chi connectivity index (χ4v) is 2.42. The first-order valence-corrected chi connectivity index (χ1v) is 7.01. The van der Waals surface area contributed by atoms with Gasteiger partial charge in [0.1, 0.15) is 5.82 Å². The zero-order valence-electron chi connectivity index (χ0n) is 12.3. The number of benzene rings is 1. The van der Waals surface area contributed by atoms with E-state index in [0.29, 0.717) is 13.0 Å². The van der Waals surface area contributed by atoms with Crippen LogP contribution in [0.2, 0.25) is 0 Å². The van der Waals surface area contributed by atoms with Gasteiger partial charge in [0.2, 0.25) is 5.91 Å². The summed E-state index contributed by atoms with van der Waals surface area (Å²) in [5, 5.41) is 2.95. The molecule has 2 rings (SSSR count). The Morgan fingerprint density at radius 2 is 2.05 bits per heavy atom. The molecule has 0 aliphatic rings. The van der Waals surface area contributed by atoms with E-state index < -0.39 is 0 Å². The molecule has 0 fully saturated rings. The van der Waals surface area contributed by atoms with E-state index in [1.807, 2.05) is 25.1 Å². The Morgan fingerprint density at radius 1 is 1.35 bits per heavy atom. The fourth-order valence-electron chi connectivity index (χ4n) is 2.42. The molecular formula is C15H22N4O. The van der Waals surface area contributed by atoms with Crippen molar-refractivity contribution in [3.05, 3.63) is 30.1 Å². The minimum Gasteiger partial charge on any atom is -0.346 e. The molecular weight excluding hydrogens is 252 g/mol. The van der Waals surface area contributed by atoms with Gasteiger partial charge < -0.3 is 15.6 Å². The van der Waals surface area contributed by atoms with Crippen molar-refractivity contribution >= 4 is 16.9 Å². The summed E-state index contributed by atoms with van der Waals surface area (Å²) >= 11 is 0. The maximum absolute atomic E-state index is 11.7. The largest absolute Gasteiger partial charge is 0.346 e. The highest BCUT2D eigenvalue weighted by Crippen LogP contribution is 2.24. The molecule has 0 aliphatic heterocycles. The van der Waals surface area contributed by atoms with E-state index in [9.17, 15) is 4.79 Å². The average Bonchev–Trinajstić information content (AvgIpc) is 2.78. The van der Waals surface area contributed by atoms with Crippen LogP contribution in [0.15, 0.2) is 24.3 Å². The van der Waals surface area contributed by atoms with Gasteiger partial charge in [0, 0.05) is 19.0 Å². The Hall–Kier alpha value is -1.88. The number of imidazole rings is 1. The predicted molar refractivity (Wildman–Crippen MR) is 80.3 cm³/mol. The normalized spacial score (nSPS) is 12.8. The number of fused-ring (bicyclic) bond motifs is 1. The summed E-state index contributed by atoms with van der Waals surface area (Å²) in [7, 11) is 0. The van der Waals surface area contributed by atoms with E-state index in [1.54, 1.807) is 0 Å². The molecule has 0 saturated heterocycles. The minimum atomic E-state index is -0.135. The van der Waals surface area contributed by atoms with E-state index in [1.165, 1.54) is 0 Å². The highest BCUT2D eigenvalue weighted by molar-refractivity contribution is 5.78. The van der Waals surface area contributed by atoms with Gasteiger partial charge in [0.05, 0.1) is 17.1 Å². The number of hydrogen-bond acceptors (Lipinski definition) is 3. The Labute approximate surface area is 119 Å². The van der Waals surface area contributed by atoms with E-state index in [0.717, 1.165) is 16.9 Å². The third-order valence-corrected chi connectivity index (χ3v) is 3.28. The van der Waals surface area contributed by atoms with E-state index in [2.05, 4.69) is 34.8 Å². The van der Waals surface area contributed by atoms with Crippen molar-refractivity contribution in [2.45, 2.75) is 39.3 Å². The number of para-hydroxylation sites is 2. The second-order valence-corrected chi connectivity index (χ2v) is 5.25. The zero-order valence-corrected chi connectivity index (χ0v) is 12.3. The molecule has 5 heteroatoms. The molecule has 1 amide bonds. The molecule has 5 nitrogen and oxygen atoms in total. The predicted octanol–water partition coefficient (Wildman–Crippen LogP) is 2.14. The van der Waals surface area contributed by atoms with Crippen LogP contribution >= 0.6 is 0 Å². The third-order valence-electron chi connectivity index (χ3n) is 3.28. The van der Waals surface area contributed by atoms with Crippen LogP contribution in [0.5, 0.6) is 0 Å². The number of nitrogens with zero attached hydrogens (tertiary/aromatic N) is 2. The monoisotopic (exact) mass is 274 g/mol. The fraction of sp³-hybridized carbons (Fsp3) is 0.467. The lowest BCUT2D eigenvalue weighted by Crippen LogP contribution is -2.30. The summed E-state index contributed by atoms with van der Waals surface area (Å²) in [5.74, 6) is 0.842. The molecule has 20 heavy (non-hydrogen) atoms. The van der Waals surface area contributed by atoms with Gasteiger partial charge in [-0.2, -0.15) is 0 Å². The van der Waals surface area contributed by atoms with Crippen molar-refractivity contribution in [1.82, 2.24) is 14.9 Å². The topological polar surface area (TPSA) is 72.9 Å². The smallest absolute Gasteiger partial charge is 0.221 e. The molecule has 1 aromatic carbocycles. The first kappa shape index (κ1) is 14.5. The van der Waals surface area contributed by atoms with Gasteiger partial charge in [-0.25, -0.2) is 4.98 Å². The number of carbonyl (C=O) groups is 1. The van der Waals surface area contributed by atoms with Crippen LogP contribution in [-0.2, 0) is 4.79 Å². The molecule has 0 radical (unpaired) electrons. The number of aromatic nitrogens is 2. The van der Waals surface area contributed by atoms with Crippen LogP contribution < -0.4 is 11.1 Å². The Morgan fingerprint density at radius 3 is 2.70 bits per heavy atom. The maximum Gasteiger partial charge on any atom is 0.221 e. The summed E-state index contributed by atoms with van der Waals surface area (Å²) in [6.07, 6.45) is 0.340. The van der Waals surface area contributed by atoms with Crippen molar-refractivity contribution < 1.29 is 4.79 Å². The van der Waals surface area contributed by atoms with Gasteiger partial charge in [-0.1, -0.05) is 12.1 Å². The molecule has 0 saturated carbocycles. The van der Waals surface area contributed by atoms with Gasteiger partial charge >= 0.3 is 0 Å². The molecule has 1 atom stereocenters. The molecule has 3 N–H and O–H groups in total. The lowest BCUT2D eigenvalue weighted by atomic mass is 10.2. The highest BCUT2D eigenvalue weighted by Gasteiger charge is 2.19. The lowest BCUT2D eigenvalue weighted by molar-refractivity contribution is -0.121.